The van der Waals surface area contributed by atoms with E-state index in [1.807, 2.05) is 30.3 Å². The van der Waals surface area contributed by atoms with Gasteiger partial charge in [-0.1, -0.05) is 35.5 Å². The molecule has 1 N–H and O–H groups in total. The Morgan fingerprint density at radius 3 is 2.41 bits per heavy atom. The van der Waals surface area contributed by atoms with Crippen LogP contribution < -0.4 is 5.32 Å². The molecule has 1 aliphatic heterocycles. The van der Waals surface area contributed by atoms with E-state index in [0.29, 0.717) is 30.4 Å². The summed E-state index contributed by atoms with van der Waals surface area (Å²) in [7, 11) is -2.93. The fourth-order valence-corrected chi connectivity index (χ4v) is 5.01. The molecule has 0 unspecified atom stereocenters. The number of sulfone groups is 1. The van der Waals surface area contributed by atoms with Crippen LogP contribution in [0.25, 0.3) is 11.3 Å². The highest BCUT2D eigenvalue weighted by Crippen LogP contribution is 2.38. The molecule has 1 amide bonds. The number of carbonyl (C=O) groups excluding carboxylic acids is 1. The third-order valence-electron chi connectivity index (χ3n) is 5.34. The molecule has 0 spiro atoms. The summed E-state index contributed by atoms with van der Waals surface area (Å²) in [5.74, 6) is 1.16. The predicted molar refractivity (Wildman–Crippen MR) is 101 cm³/mol. The lowest BCUT2D eigenvalue weighted by Crippen LogP contribution is -2.43. The molecule has 10 heteroatoms. The van der Waals surface area contributed by atoms with Crippen molar-refractivity contribution in [3.8, 4) is 11.3 Å². The van der Waals surface area contributed by atoms with Crippen molar-refractivity contribution in [1.29, 1.82) is 0 Å². The molecular formula is C19H18N4O5S. The molecule has 1 aromatic carbocycles. The second-order valence-corrected chi connectivity index (χ2v) is 9.69. The zero-order valence-electron chi connectivity index (χ0n) is 15.3. The second kappa shape index (κ2) is 6.80. The van der Waals surface area contributed by atoms with Gasteiger partial charge in [0, 0.05) is 23.6 Å². The SMILES string of the molecule is O=C(NC1CC(c2nnc(C3CS(=O)(=O)C3)o2)C1)c1cc(-c2ccccc2)on1. The molecule has 0 atom stereocenters. The summed E-state index contributed by atoms with van der Waals surface area (Å²) in [5.41, 5.74) is 1.09. The minimum atomic E-state index is -2.93. The molecule has 2 aliphatic rings. The van der Waals surface area contributed by atoms with E-state index in [2.05, 4.69) is 20.7 Å². The van der Waals surface area contributed by atoms with Crippen LogP contribution in [0.1, 0.15) is 46.9 Å². The summed E-state index contributed by atoms with van der Waals surface area (Å²) in [5, 5.41) is 14.8. The van der Waals surface area contributed by atoms with E-state index in [-0.39, 0.29) is 41.0 Å². The van der Waals surface area contributed by atoms with Crippen molar-refractivity contribution >= 4 is 15.7 Å². The summed E-state index contributed by atoms with van der Waals surface area (Å²) in [4.78, 5) is 12.4. The first kappa shape index (κ1) is 18.0. The highest BCUT2D eigenvalue weighted by molar-refractivity contribution is 7.92. The van der Waals surface area contributed by atoms with Crippen molar-refractivity contribution < 1.29 is 22.2 Å². The Bertz CT molecular complexity index is 1140. The van der Waals surface area contributed by atoms with E-state index in [1.54, 1.807) is 6.07 Å². The van der Waals surface area contributed by atoms with E-state index < -0.39 is 9.84 Å². The van der Waals surface area contributed by atoms with E-state index in [1.165, 1.54) is 0 Å². The maximum absolute atomic E-state index is 12.4. The summed E-state index contributed by atoms with van der Waals surface area (Å²) in [6.45, 7) is 0. The van der Waals surface area contributed by atoms with Crippen molar-refractivity contribution in [3.05, 3.63) is 53.9 Å². The first-order chi connectivity index (χ1) is 14.0. The van der Waals surface area contributed by atoms with Gasteiger partial charge in [-0.2, -0.15) is 0 Å². The van der Waals surface area contributed by atoms with Gasteiger partial charge < -0.3 is 14.3 Å². The van der Waals surface area contributed by atoms with Gasteiger partial charge in [0.2, 0.25) is 11.8 Å². The average Bonchev–Trinajstić information content (AvgIpc) is 3.32. The number of nitrogens with one attached hydrogen (secondary N) is 1. The maximum Gasteiger partial charge on any atom is 0.273 e. The van der Waals surface area contributed by atoms with E-state index in [0.717, 1.165) is 5.56 Å². The van der Waals surface area contributed by atoms with Crippen molar-refractivity contribution in [3.63, 3.8) is 0 Å². The van der Waals surface area contributed by atoms with Gasteiger partial charge in [0.1, 0.15) is 0 Å². The van der Waals surface area contributed by atoms with Crippen LogP contribution in [0.2, 0.25) is 0 Å². The molecule has 9 nitrogen and oxygen atoms in total. The smallest absolute Gasteiger partial charge is 0.273 e. The van der Waals surface area contributed by atoms with Crippen LogP contribution in [0.3, 0.4) is 0 Å². The third-order valence-corrected chi connectivity index (χ3v) is 7.16. The molecule has 1 saturated heterocycles. The molecule has 2 fully saturated rings. The van der Waals surface area contributed by atoms with Crippen molar-refractivity contribution in [2.75, 3.05) is 11.5 Å². The minimum absolute atomic E-state index is 0.0104. The molecule has 3 heterocycles. The number of amides is 1. The first-order valence-corrected chi connectivity index (χ1v) is 11.2. The molecule has 150 valence electrons. The van der Waals surface area contributed by atoms with Gasteiger partial charge >= 0.3 is 0 Å². The summed E-state index contributed by atoms with van der Waals surface area (Å²) < 4.78 is 33.5. The van der Waals surface area contributed by atoms with Gasteiger partial charge in [-0.25, -0.2) is 8.42 Å². The Labute approximate surface area is 166 Å². The zero-order chi connectivity index (χ0) is 20.0. The average molecular weight is 414 g/mol. The minimum Gasteiger partial charge on any atom is -0.425 e. The molecule has 2 aromatic heterocycles. The number of hydrogen-bond acceptors (Lipinski definition) is 8. The van der Waals surface area contributed by atoms with Gasteiger partial charge in [0.05, 0.1) is 17.4 Å². The Hall–Kier alpha value is -3.01. The van der Waals surface area contributed by atoms with Gasteiger partial charge in [-0.15, -0.1) is 10.2 Å². The second-order valence-electron chi connectivity index (χ2n) is 7.53. The van der Waals surface area contributed by atoms with Gasteiger partial charge in [-0.3, -0.25) is 4.79 Å². The largest absolute Gasteiger partial charge is 0.425 e. The maximum atomic E-state index is 12.4. The Kier molecular flexibility index (Phi) is 4.23. The fourth-order valence-electron chi connectivity index (χ4n) is 3.60. The quantitative estimate of drug-likeness (QED) is 0.670. The lowest BCUT2D eigenvalue weighted by Gasteiger charge is -2.33. The van der Waals surface area contributed by atoms with Crippen LogP contribution in [0.15, 0.2) is 45.3 Å². The standard InChI is InChI=1S/C19H18N4O5S/c24-17(15-8-16(28-23-15)11-4-2-1-3-5-11)20-14-6-12(7-14)18-21-22-19(27-18)13-9-29(25,26)10-13/h1-5,8,12-14H,6-7,9-10H2,(H,20,24). The topological polar surface area (TPSA) is 128 Å². The number of carbonyl (C=O) groups is 1. The van der Waals surface area contributed by atoms with Crippen molar-refractivity contribution in [1.82, 2.24) is 20.7 Å². The molecule has 5 rings (SSSR count). The van der Waals surface area contributed by atoms with Crippen molar-refractivity contribution in [2.24, 2.45) is 0 Å². The van der Waals surface area contributed by atoms with Crippen molar-refractivity contribution in [2.45, 2.75) is 30.7 Å². The molecule has 0 radical (unpaired) electrons. The molecular weight excluding hydrogens is 396 g/mol. The van der Waals surface area contributed by atoms with Crippen LogP contribution in [0, 0.1) is 0 Å². The van der Waals surface area contributed by atoms with Gasteiger partial charge in [0.25, 0.3) is 5.91 Å². The van der Waals surface area contributed by atoms with Crippen LogP contribution in [0.4, 0.5) is 0 Å². The van der Waals surface area contributed by atoms with E-state index >= 15 is 0 Å². The Morgan fingerprint density at radius 2 is 1.72 bits per heavy atom. The highest BCUT2D eigenvalue weighted by atomic mass is 32.2. The molecule has 1 saturated carbocycles. The Balaban J connectivity index is 1.15. The predicted octanol–water partition coefficient (Wildman–Crippen LogP) is 1.91. The van der Waals surface area contributed by atoms with Crippen LogP contribution in [-0.2, 0) is 9.84 Å². The molecule has 1 aliphatic carbocycles. The number of aromatic nitrogens is 3. The molecule has 0 bridgehead atoms. The zero-order valence-corrected chi connectivity index (χ0v) is 16.1. The number of rotatable bonds is 5. The lowest BCUT2D eigenvalue weighted by molar-refractivity contribution is 0.0894. The van der Waals surface area contributed by atoms with Crippen LogP contribution in [-0.4, -0.2) is 47.2 Å². The molecule has 29 heavy (non-hydrogen) atoms. The monoisotopic (exact) mass is 414 g/mol. The summed E-state index contributed by atoms with van der Waals surface area (Å²) in [6.07, 6.45) is 1.36. The van der Waals surface area contributed by atoms with Gasteiger partial charge in [0.15, 0.2) is 21.3 Å². The van der Waals surface area contributed by atoms with Gasteiger partial charge in [-0.05, 0) is 12.8 Å². The molecule has 3 aromatic rings. The van der Waals surface area contributed by atoms with E-state index in [4.69, 9.17) is 8.94 Å². The first-order valence-electron chi connectivity index (χ1n) is 9.33. The van der Waals surface area contributed by atoms with Crippen LogP contribution >= 0.6 is 0 Å². The highest BCUT2D eigenvalue weighted by Gasteiger charge is 2.40. The Morgan fingerprint density at radius 1 is 1.03 bits per heavy atom. The van der Waals surface area contributed by atoms with E-state index in [9.17, 15) is 13.2 Å². The lowest BCUT2D eigenvalue weighted by atomic mass is 9.80. The normalized spacial score (nSPS) is 23.2. The summed E-state index contributed by atoms with van der Waals surface area (Å²) >= 11 is 0. The number of benzene rings is 1. The third kappa shape index (κ3) is 3.55. The summed E-state index contributed by atoms with van der Waals surface area (Å²) in [6, 6.07) is 11.1. The van der Waals surface area contributed by atoms with Crippen LogP contribution in [0.5, 0.6) is 0 Å². The number of nitrogens with zero attached hydrogens (tertiary/aromatic N) is 3. The number of hydrogen-bond donors (Lipinski definition) is 1. The fraction of sp³-hybridized carbons (Fsp3) is 0.368.